The number of methoxy groups -OCH3 is 1. The molecule has 2 amide bonds. The molecule has 2 aromatic carbocycles. The van der Waals surface area contributed by atoms with Gasteiger partial charge in [-0.05, 0) is 29.8 Å². The largest absolute Gasteiger partial charge is 0.497 e. The van der Waals surface area contributed by atoms with Crippen LogP contribution >= 0.6 is 0 Å². The van der Waals surface area contributed by atoms with Crippen molar-refractivity contribution in [3.05, 3.63) is 65.7 Å². The summed E-state index contributed by atoms with van der Waals surface area (Å²) >= 11 is 0. The number of nitrogens with zero attached hydrogens (tertiary/aromatic N) is 3. The predicted octanol–water partition coefficient (Wildman–Crippen LogP) is 2.11. The van der Waals surface area contributed by atoms with Gasteiger partial charge < -0.3 is 14.5 Å². The maximum Gasteiger partial charge on any atom is 0.253 e. The van der Waals surface area contributed by atoms with Crippen LogP contribution in [0.3, 0.4) is 0 Å². The number of hydrogen-bond acceptors (Lipinski definition) is 4. The molecular formula is C22H27N3O3. The minimum Gasteiger partial charge on any atom is -0.497 e. The number of piperazine rings is 1. The third kappa shape index (κ3) is 5.10. The molecule has 148 valence electrons. The molecule has 1 fully saturated rings. The van der Waals surface area contributed by atoms with Crippen LogP contribution in [0, 0.1) is 0 Å². The van der Waals surface area contributed by atoms with Crippen LogP contribution in [-0.4, -0.2) is 73.4 Å². The zero-order valence-corrected chi connectivity index (χ0v) is 16.5. The van der Waals surface area contributed by atoms with E-state index >= 15 is 0 Å². The Labute approximate surface area is 166 Å². The Morgan fingerprint density at radius 2 is 1.71 bits per heavy atom. The zero-order chi connectivity index (χ0) is 19.9. The third-order valence-corrected chi connectivity index (χ3v) is 5.02. The second kappa shape index (κ2) is 9.37. The number of ether oxygens (including phenoxy) is 1. The third-order valence-electron chi connectivity index (χ3n) is 5.02. The summed E-state index contributed by atoms with van der Waals surface area (Å²) in [4.78, 5) is 30.8. The smallest absolute Gasteiger partial charge is 0.253 e. The van der Waals surface area contributed by atoms with Crippen LogP contribution < -0.4 is 4.74 Å². The lowest BCUT2D eigenvalue weighted by Crippen LogP contribution is -2.51. The summed E-state index contributed by atoms with van der Waals surface area (Å²) in [5.74, 6) is 0.921. The van der Waals surface area contributed by atoms with Crippen LogP contribution in [0.5, 0.6) is 5.75 Å². The molecule has 0 N–H and O–H groups in total. The van der Waals surface area contributed by atoms with Crippen LogP contribution in [0.2, 0.25) is 0 Å². The fourth-order valence-electron chi connectivity index (χ4n) is 3.32. The van der Waals surface area contributed by atoms with Gasteiger partial charge in [0.15, 0.2) is 0 Å². The van der Waals surface area contributed by atoms with Crippen molar-refractivity contribution in [2.75, 3.05) is 46.9 Å². The molecule has 6 nitrogen and oxygen atoms in total. The Kier molecular flexibility index (Phi) is 6.66. The van der Waals surface area contributed by atoms with Crippen molar-refractivity contribution in [2.45, 2.75) is 6.54 Å². The molecule has 1 saturated heterocycles. The molecule has 1 aliphatic rings. The normalized spacial score (nSPS) is 14.6. The summed E-state index contributed by atoms with van der Waals surface area (Å²) in [6.07, 6.45) is 0. The number of amides is 2. The highest BCUT2D eigenvalue weighted by atomic mass is 16.5. The highest BCUT2D eigenvalue weighted by Gasteiger charge is 2.24. The molecule has 0 bridgehead atoms. The van der Waals surface area contributed by atoms with Gasteiger partial charge in [0, 0.05) is 45.3 Å². The first-order valence-corrected chi connectivity index (χ1v) is 9.50. The molecule has 0 radical (unpaired) electrons. The highest BCUT2D eigenvalue weighted by molar-refractivity contribution is 5.94. The van der Waals surface area contributed by atoms with E-state index < -0.39 is 0 Å². The second-order valence-electron chi connectivity index (χ2n) is 7.04. The monoisotopic (exact) mass is 381 g/mol. The minimum absolute atomic E-state index is 0.0571. The molecule has 0 spiro atoms. The van der Waals surface area contributed by atoms with Crippen LogP contribution in [0.25, 0.3) is 0 Å². The molecule has 3 rings (SSSR count). The van der Waals surface area contributed by atoms with Crippen molar-refractivity contribution < 1.29 is 14.3 Å². The van der Waals surface area contributed by atoms with E-state index in [0.717, 1.165) is 11.3 Å². The van der Waals surface area contributed by atoms with E-state index in [2.05, 4.69) is 4.90 Å². The van der Waals surface area contributed by atoms with Crippen molar-refractivity contribution in [1.29, 1.82) is 0 Å². The van der Waals surface area contributed by atoms with Crippen LogP contribution in [-0.2, 0) is 11.3 Å². The molecule has 2 aromatic rings. The quantitative estimate of drug-likeness (QED) is 0.769. The summed E-state index contributed by atoms with van der Waals surface area (Å²) in [5.41, 5.74) is 1.75. The average molecular weight is 381 g/mol. The lowest BCUT2D eigenvalue weighted by molar-refractivity contribution is -0.132. The van der Waals surface area contributed by atoms with Gasteiger partial charge in [0.1, 0.15) is 5.75 Å². The number of benzene rings is 2. The van der Waals surface area contributed by atoms with Gasteiger partial charge >= 0.3 is 0 Å². The summed E-state index contributed by atoms with van der Waals surface area (Å²) in [7, 11) is 3.45. The van der Waals surface area contributed by atoms with E-state index in [1.54, 1.807) is 12.0 Å². The molecular weight excluding hydrogens is 354 g/mol. The van der Waals surface area contributed by atoms with E-state index in [4.69, 9.17) is 4.74 Å². The molecule has 0 saturated carbocycles. The first kappa shape index (κ1) is 19.9. The number of rotatable bonds is 6. The number of carbonyl (C=O) groups is 2. The van der Waals surface area contributed by atoms with Gasteiger partial charge in [0.05, 0.1) is 13.7 Å². The SMILES string of the molecule is COc1cccc(CN(C)C(=O)CN2CCN(C(=O)c3ccccc3)CC2)c1. The lowest BCUT2D eigenvalue weighted by atomic mass is 10.2. The number of likely N-dealkylation sites (N-methyl/N-ethyl adjacent to an activating group) is 1. The van der Waals surface area contributed by atoms with Crippen molar-refractivity contribution in [2.24, 2.45) is 0 Å². The summed E-state index contributed by atoms with van der Waals surface area (Å²) in [6.45, 7) is 3.60. The van der Waals surface area contributed by atoms with Crippen molar-refractivity contribution in [3.8, 4) is 5.75 Å². The highest BCUT2D eigenvalue weighted by Crippen LogP contribution is 2.14. The van der Waals surface area contributed by atoms with Gasteiger partial charge in [-0.25, -0.2) is 0 Å². The maximum absolute atomic E-state index is 12.6. The van der Waals surface area contributed by atoms with Gasteiger partial charge in [-0.3, -0.25) is 14.5 Å². The predicted molar refractivity (Wildman–Crippen MR) is 108 cm³/mol. The van der Waals surface area contributed by atoms with Crippen LogP contribution in [0.1, 0.15) is 15.9 Å². The molecule has 28 heavy (non-hydrogen) atoms. The lowest BCUT2D eigenvalue weighted by Gasteiger charge is -2.35. The van der Waals surface area contributed by atoms with Gasteiger partial charge in [0.25, 0.3) is 5.91 Å². The number of carbonyl (C=O) groups excluding carboxylic acids is 2. The molecule has 0 atom stereocenters. The Balaban J connectivity index is 1.47. The van der Waals surface area contributed by atoms with Crippen molar-refractivity contribution >= 4 is 11.8 Å². The van der Waals surface area contributed by atoms with Crippen LogP contribution in [0.15, 0.2) is 54.6 Å². The van der Waals surface area contributed by atoms with E-state index in [1.165, 1.54) is 0 Å². The summed E-state index contributed by atoms with van der Waals surface area (Å²) in [6, 6.07) is 17.1. The van der Waals surface area contributed by atoms with Crippen LogP contribution in [0.4, 0.5) is 0 Å². The fraction of sp³-hybridized carbons (Fsp3) is 0.364. The van der Waals surface area contributed by atoms with Crippen molar-refractivity contribution in [3.63, 3.8) is 0 Å². The van der Waals surface area contributed by atoms with Gasteiger partial charge in [0.2, 0.25) is 5.91 Å². The maximum atomic E-state index is 12.6. The van der Waals surface area contributed by atoms with Gasteiger partial charge in [-0.15, -0.1) is 0 Å². The van der Waals surface area contributed by atoms with E-state index in [9.17, 15) is 9.59 Å². The minimum atomic E-state index is 0.0571. The molecule has 6 heteroatoms. The zero-order valence-electron chi connectivity index (χ0n) is 16.5. The molecule has 0 aromatic heterocycles. The first-order chi connectivity index (χ1) is 13.6. The Morgan fingerprint density at radius 3 is 2.39 bits per heavy atom. The molecule has 0 unspecified atom stereocenters. The molecule has 1 heterocycles. The topological polar surface area (TPSA) is 53.1 Å². The molecule has 0 aliphatic carbocycles. The average Bonchev–Trinajstić information content (AvgIpc) is 2.74. The van der Waals surface area contributed by atoms with Crippen molar-refractivity contribution in [1.82, 2.24) is 14.7 Å². The first-order valence-electron chi connectivity index (χ1n) is 9.50. The van der Waals surface area contributed by atoms with E-state index in [1.807, 2.05) is 66.5 Å². The second-order valence-corrected chi connectivity index (χ2v) is 7.04. The Morgan fingerprint density at radius 1 is 1.00 bits per heavy atom. The Bertz CT molecular complexity index is 802. The summed E-state index contributed by atoms with van der Waals surface area (Å²) < 4.78 is 5.24. The standard InChI is InChI=1S/C22H27N3O3/c1-23(16-18-7-6-10-20(15-18)28-2)21(26)17-24-11-13-25(14-12-24)22(27)19-8-4-3-5-9-19/h3-10,15H,11-14,16-17H2,1-2H3. The fourth-order valence-corrected chi connectivity index (χ4v) is 3.32. The molecule has 1 aliphatic heterocycles. The Hall–Kier alpha value is -2.86. The number of hydrogen-bond donors (Lipinski definition) is 0. The van der Waals surface area contributed by atoms with Gasteiger partial charge in [-0.1, -0.05) is 30.3 Å². The van der Waals surface area contributed by atoms with E-state index in [-0.39, 0.29) is 11.8 Å². The van der Waals surface area contributed by atoms with Gasteiger partial charge in [-0.2, -0.15) is 0 Å². The summed E-state index contributed by atoms with van der Waals surface area (Å²) in [5, 5.41) is 0. The van der Waals surface area contributed by atoms with E-state index in [0.29, 0.717) is 44.8 Å².